The van der Waals surface area contributed by atoms with E-state index in [1.165, 1.54) is 24.9 Å². The summed E-state index contributed by atoms with van der Waals surface area (Å²) in [5.41, 5.74) is 0.725. The van der Waals surface area contributed by atoms with Crippen molar-refractivity contribution in [3.63, 3.8) is 0 Å². The molecule has 0 radical (unpaired) electrons. The summed E-state index contributed by atoms with van der Waals surface area (Å²) in [5.74, 6) is 1.22. The molecule has 5 heteroatoms. The monoisotopic (exact) mass is 271 g/mol. The van der Waals surface area contributed by atoms with E-state index in [4.69, 9.17) is 0 Å². The van der Waals surface area contributed by atoms with Crippen molar-refractivity contribution in [2.75, 3.05) is 23.9 Å². The first kappa shape index (κ1) is 12.8. The van der Waals surface area contributed by atoms with Crippen molar-refractivity contribution in [1.82, 2.24) is 0 Å². The maximum absolute atomic E-state index is 11.6. The van der Waals surface area contributed by atoms with Crippen LogP contribution in [0.5, 0.6) is 0 Å². The van der Waals surface area contributed by atoms with Crippen molar-refractivity contribution in [3.05, 3.63) is 24.3 Å². The van der Waals surface area contributed by atoms with Gasteiger partial charge in [-0.1, -0.05) is 12.1 Å². The van der Waals surface area contributed by atoms with Gasteiger partial charge in [-0.2, -0.15) is 11.8 Å². The van der Waals surface area contributed by atoms with Crippen LogP contribution in [0.1, 0.15) is 12.8 Å². The minimum absolute atomic E-state index is 0.392. The number of para-hydroxylation sites is 1. The molecule has 1 atom stereocenters. The summed E-state index contributed by atoms with van der Waals surface area (Å²) in [7, 11) is -3.15. The number of hydrogen-bond donors (Lipinski definition) is 1. The largest absolute Gasteiger partial charge is 0.383 e. The lowest BCUT2D eigenvalue weighted by molar-refractivity contribution is 0.602. The average Bonchev–Trinajstić information content (AvgIpc) is 2.78. The Hall–Kier alpha value is -0.680. The molecular formula is C12H17NO2S2. The van der Waals surface area contributed by atoms with Crippen LogP contribution in [0.2, 0.25) is 0 Å². The molecule has 1 aliphatic rings. The summed E-state index contributed by atoms with van der Waals surface area (Å²) in [6.45, 7) is 0.844. The van der Waals surface area contributed by atoms with Gasteiger partial charge in [0, 0.05) is 18.1 Å². The Morgan fingerprint density at radius 3 is 2.82 bits per heavy atom. The Labute approximate surface area is 107 Å². The zero-order valence-corrected chi connectivity index (χ0v) is 11.5. The van der Waals surface area contributed by atoms with E-state index in [1.807, 2.05) is 23.9 Å². The van der Waals surface area contributed by atoms with E-state index in [0.717, 1.165) is 12.2 Å². The molecule has 0 bridgehead atoms. The third-order valence-electron chi connectivity index (χ3n) is 2.83. The van der Waals surface area contributed by atoms with Crippen molar-refractivity contribution in [2.45, 2.75) is 23.0 Å². The van der Waals surface area contributed by atoms with E-state index >= 15 is 0 Å². The molecule has 3 nitrogen and oxygen atoms in total. The van der Waals surface area contributed by atoms with Gasteiger partial charge in [-0.05, 0) is 30.7 Å². The van der Waals surface area contributed by atoms with Crippen LogP contribution in [0.4, 0.5) is 5.69 Å². The summed E-state index contributed by atoms with van der Waals surface area (Å²) in [4.78, 5) is 0.392. The first-order chi connectivity index (χ1) is 8.07. The molecule has 94 valence electrons. The maximum atomic E-state index is 11.6. The molecule has 1 heterocycles. The number of benzene rings is 1. The van der Waals surface area contributed by atoms with Crippen molar-refractivity contribution < 1.29 is 8.42 Å². The highest BCUT2D eigenvalue weighted by Crippen LogP contribution is 2.27. The van der Waals surface area contributed by atoms with Crippen LogP contribution in [0.25, 0.3) is 0 Å². The highest BCUT2D eigenvalue weighted by atomic mass is 32.2. The molecule has 1 aliphatic heterocycles. The van der Waals surface area contributed by atoms with Crippen molar-refractivity contribution in [3.8, 4) is 0 Å². The zero-order chi connectivity index (χ0) is 12.3. The number of anilines is 1. The summed E-state index contributed by atoms with van der Waals surface area (Å²) >= 11 is 1.96. The van der Waals surface area contributed by atoms with Crippen LogP contribution in [-0.4, -0.2) is 32.2 Å². The molecule has 0 aliphatic carbocycles. The van der Waals surface area contributed by atoms with Crippen LogP contribution in [0.15, 0.2) is 29.2 Å². The summed E-state index contributed by atoms with van der Waals surface area (Å²) in [6.07, 6.45) is 3.74. The summed E-state index contributed by atoms with van der Waals surface area (Å²) in [5, 5.41) is 3.88. The zero-order valence-electron chi connectivity index (χ0n) is 9.85. The highest BCUT2D eigenvalue weighted by Gasteiger charge is 2.17. The molecule has 0 spiro atoms. The number of sulfone groups is 1. The average molecular weight is 271 g/mol. The van der Waals surface area contributed by atoms with E-state index in [9.17, 15) is 8.42 Å². The van der Waals surface area contributed by atoms with Gasteiger partial charge in [0.15, 0.2) is 9.84 Å². The van der Waals surface area contributed by atoms with Crippen molar-refractivity contribution in [2.24, 2.45) is 0 Å². The van der Waals surface area contributed by atoms with Gasteiger partial charge in [-0.25, -0.2) is 8.42 Å². The summed E-state index contributed by atoms with van der Waals surface area (Å²) < 4.78 is 23.2. The number of nitrogens with one attached hydrogen (secondary N) is 1. The van der Waals surface area contributed by atoms with E-state index in [0.29, 0.717) is 10.1 Å². The molecule has 1 saturated heterocycles. The van der Waals surface area contributed by atoms with Crippen molar-refractivity contribution in [1.29, 1.82) is 0 Å². The molecule has 0 amide bonds. The van der Waals surface area contributed by atoms with Gasteiger partial charge in [0.25, 0.3) is 0 Å². The Morgan fingerprint density at radius 1 is 1.41 bits per heavy atom. The fourth-order valence-corrected chi connectivity index (χ4v) is 4.03. The summed E-state index contributed by atoms with van der Waals surface area (Å²) in [6, 6.07) is 7.10. The number of rotatable bonds is 4. The van der Waals surface area contributed by atoms with E-state index < -0.39 is 9.84 Å². The van der Waals surface area contributed by atoms with Gasteiger partial charge in [0.05, 0.1) is 10.6 Å². The van der Waals surface area contributed by atoms with Gasteiger partial charge in [0.2, 0.25) is 0 Å². The number of thioether (sulfide) groups is 1. The van der Waals surface area contributed by atoms with Crippen LogP contribution >= 0.6 is 11.8 Å². The quantitative estimate of drug-likeness (QED) is 0.913. The molecular weight excluding hydrogens is 254 g/mol. The molecule has 1 N–H and O–H groups in total. The Bertz CT molecular complexity index is 479. The fourth-order valence-electron chi connectivity index (χ4n) is 1.97. The molecule has 0 aromatic heterocycles. The Balaban J connectivity index is 2.09. The van der Waals surface area contributed by atoms with Gasteiger partial charge in [-0.15, -0.1) is 0 Å². The minimum atomic E-state index is -3.15. The van der Waals surface area contributed by atoms with Gasteiger partial charge in [0.1, 0.15) is 0 Å². The third-order valence-corrected chi connectivity index (χ3v) is 5.38. The predicted octanol–water partition coefficient (Wildman–Crippen LogP) is 2.40. The first-order valence-electron chi connectivity index (χ1n) is 5.72. The lowest BCUT2D eigenvalue weighted by Crippen LogP contribution is -2.15. The molecule has 1 aromatic rings. The number of hydrogen-bond acceptors (Lipinski definition) is 4. The molecule has 1 aromatic carbocycles. The minimum Gasteiger partial charge on any atom is -0.383 e. The topological polar surface area (TPSA) is 46.2 Å². The second-order valence-corrected chi connectivity index (χ2v) is 7.68. The fraction of sp³-hybridized carbons (Fsp3) is 0.500. The molecule has 0 saturated carbocycles. The van der Waals surface area contributed by atoms with Crippen LogP contribution in [-0.2, 0) is 9.84 Å². The standard InChI is InChI=1S/C12H17NO2S2/c1-17(14,15)12-7-3-2-6-11(12)13-9-10-5-4-8-16-10/h2-3,6-7,10,13H,4-5,8-9H2,1H3. The highest BCUT2D eigenvalue weighted by molar-refractivity contribution is 8.00. The molecule has 2 rings (SSSR count). The van der Waals surface area contributed by atoms with Gasteiger partial charge in [-0.3, -0.25) is 0 Å². The second kappa shape index (κ2) is 5.31. The molecule has 17 heavy (non-hydrogen) atoms. The smallest absolute Gasteiger partial charge is 0.177 e. The molecule has 1 unspecified atom stereocenters. The van der Waals surface area contributed by atoms with E-state index in [1.54, 1.807) is 12.1 Å². The van der Waals surface area contributed by atoms with Crippen LogP contribution in [0, 0.1) is 0 Å². The van der Waals surface area contributed by atoms with Crippen molar-refractivity contribution >= 4 is 27.3 Å². The van der Waals surface area contributed by atoms with E-state index in [-0.39, 0.29) is 0 Å². The Morgan fingerprint density at radius 2 is 2.18 bits per heavy atom. The van der Waals surface area contributed by atoms with Gasteiger partial charge < -0.3 is 5.32 Å². The second-order valence-electron chi connectivity index (χ2n) is 4.28. The SMILES string of the molecule is CS(=O)(=O)c1ccccc1NCC1CCCS1. The normalized spacial score (nSPS) is 20.4. The Kier molecular flexibility index (Phi) is 3.99. The van der Waals surface area contributed by atoms with Crippen LogP contribution < -0.4 is 5.32 Å². The van der Waals surface area contributed by atoms with E-state index in [2.05, 4.69) is 5.32 Å². The maximum Gasteiger partial charge on any atom is 0.177 e. The predicted molar refractivity (Wildman–Crippen MR) is 73.5 cm³/mol. The first-order valence-corrected chi connectivity index (χ1v) is 8.66. The lowest BCUT2D eigenvalue weighted by Gasteiger charge is -2.13. The van der Waals surface area contributed by atoms with Crippen LogP contribution in [0.3, 0.4) is 0 Å². The molecule has 1 fully saturated rings. The van der Waals surface area contributed by atoms with Gasteiger partial charge >= 0.3 is 0 Å². The third kappa shape index (κ3) is 3.39. The lowest BCUT2D eigenvalue weighted by atomic mass is 10.2.